The van der Waals surface area contributed by atoms with Gasteiger partial charge >= 0.3 is 0 Å². The summed E-state index contributed by atoms with van der Waals surface area (Å²) in [6.45, 7) is 0.289. The number of carbonyl (C=O) groups is 2. The maximum Gasteiger partial charge on any atom is 0.250 e. The Balaban J connectivity index is 1.67. The minimum Gasteiger partial charge on any atom is -0.493 e. The van der Waals surface area contributed by atoms with Gasteiger partial charge in [0.25, 0.3) is 0 Å². The van der Waals surface area contributed by atoms with Gasteiger partial charge in [0.2, 0.25) is 11.8 Å². The first-order valence-electron chi connectivity index (χ1n) is 9.70. The summed E-state index contributed by atoms with van der Waals surface area (Å²) in [5.41, 5.74) is 5.61. The molecule has 2 rings (SSSR count). The zero-order valence-corrected chi connectivity index (χ0v) is 20.3. The zero-order chi connectivity index (χ0) is 24.2. The van der Waals surface area contributed by atoms with Crippen molar-refractivity contribution in [3.8, 4) is 17.2 Å². The number of hydrogen-bond donors (Lipinski definition) is 3. The van der Waals surface area contributed by atoms with Crippen LogP contribution in [0.4, 0.5) is 0 Å². The fraction of sp³-hybridized carbons (Fsp3) is 0.227. The molecular weight excluding hydrogens is 489 g/mol. The van der Waals surface area contributed by atoms with Crippen molar-refractivity contribution < 1.29 is 23.8 Å². The van der Waals surface area contributed by atoms with Crippen LogP contribution in [0.5, 0.6) is 17.2 Å². The number of hydrazine groups is 1. The molecule has 0 bridgehead atoms. The first kappa shape index (κ1) is 26.2. The first-order valence-corrected chi connectivity index (χ1v) is 10.9. The second-order valence-electron chi connectivity index (χ2n) is 6.47. The molecular formula is C22H23Cl2N3O5S. The van der Waals surface area contributed by atoms with Gasteiger partial charge in [0.05, 0.1) is 25.8 Å². The normalized spacial score (nSPS) is 10.4. The van der Waals surface area contributed by atoms with Gasteiger partial charge < -0.3 is 14.2 Å². The van der Waals surface area contributed by atoms with E-state index < -0.39 is 5.91 Å². The number of hydrogen-bond acceptors (Lipinski definition) is 6. The molecule has 0 unspecified atom stereocenters. The minimum absolute atomic E-state index is 0.0468. The highest BCUT2D eigenvalue weighted by atomic mass is 35.5. The van der Waals surface area contributed by atoms with Gasteiger partial charge in [-0.15, -0.1) is 0 Å². The summed E-state index contributed by atoms with van der Waals surface area (Å²) in [7, 11) is 3.07. The van der Waals surface area contributed by atoms with E-state index in [1.54, 1.807) is 49.6 Å². The van der Waals surface area contributed by atoms with Crippen molar-refractivity contribution in [1.82, 2.24) is 16.2 Å². The molecule has 176 valence electrons. The fourth-order valence-electron chi connectivity index (χ4n) is 2.51. The van der Waals surface area contributed by atoms with Crippen LogP contribution in [-0.2, 0) is 9.59 Å². The Morgan fingerprint density at radius 3 is 2.42 bits per heavy atom. The van der Waals surface area contributed by atoms with E-state index in [4.69, 9.17) is 49.6 Å². The third-order valence-electron chi connectivity index (χ3n) is 4.09. The molecule has 2 amide bonds. The number of carbonyl (C=O) groups excluding carboxylic acids is 2. The van der Waals surface area contributed by atoms with Crippen molar-refractivity contribution in [1.29, 1.82) is 0 Å². The molecule has 0 heterocycles. The van der Waals surface area contributed by atoms with Crippen molar-refractivity contribution in [2.45, 2.75) is 12.8 Å². The van der Waals surface area contributed by atoms with Crippen molar-refractivity contribution in [3.05, 3.63) is 58.1 Å². The number of nitrogens with one attached hydrogen (secondary N) is 3. The van der Waals surface area contributed by atoms with Gasteiger partial charge in [0.15, 0.2) is 16.6 Å². The highest BCUT2D eigenvalue weighted by molar-refractivity contribution is 7.80. The average molecular weight is 512 g/mol. The molecule has 3 N–H and O–H groups in total. The lowest BCUT2D eigenvalue weighted by Crippen LogP contribution is -2.48. The lowest BCUT2D eigenvalue weighted by Gasteiger charge is -2.10. The number of rotatable bonds is 9. The Bertz CT molecular complexity index is 1030. The SMILES string of the molecule is COc1ccc(/C=C/C(=O)NC(=S)NNC(=O)CCCOc2ccc(Cl)cc2Cl)cc1OC. The topological polar surface area (TPSA) is 97.9 Å². The summed E-state index contributed by atoms with van der Waals surface area (Å²) in [5, 5.41) is 3.29. The third-order valence-corrected chi connectivity index (χ3v) is 4.82. The highest BCUT2D eigenvalue weighted by Crippen LogP contribution is 2.28. The van der Waals surface area contributed by atoms with E-state index in [0.29, 0.717) is 33.7 Å². The number of halogens is 2. The van der Waals surface area contributed by atoms with E-state index in [0.717, 1.165) is 5.56 Å². The third kappa shape index (κ3) is 9.17. The van der Waals surface area contributed by atoms with Crippen LogP contribution < -0.4 is 30.4 Å². The lowest BCUT2D eigenvalue weighted by molar-refractivity contribution is -0.122. The number of amides is 2. The van der Waals surface area contributed by atoms with Crippen LogP contribution in [0.3, 0.4) is 0 Å². The summed E-state index contributed by atoms with van der Waals surface area (Å²) in [4.78, 5) is 23.9. The van der Waals surface area contributed by atoms with E-state index in [9.17, 15) is 9.59 Å². The van der Waals surface area contributed by atoms with Crippen molar-refractivity contribution in [2.75, 3.05) is 20.8 Å². The molecule has 0 aliphatic carbocycles. The van der Waals surface area contributed by atoms with Gasteiger partial charge in [-0.1, -0.05) is 29.3 Å². The van der Waals surface area contributed by atoms with E-state index in [2.05, 4.69) is 16.2 Å². The molecule has 0 spiro atoms. The largest absolute Gasteiger partial charge is 0.493 e. The van der Waals surface area contributed by atoms with Crippen LogP contribution in [0.15, 0.2) is 42.5 Å². The van der Waals surface area contributed by atoms with E-state index >= 15 is 0 Å². The van der Waals surface area contributed by atoms with Crippen LogP contribution in [-0.4, -0.2) is 37.8 Å². The smallest absolute Gasteiger partial charge is 0.250 e. The minimum atomic E-state index is -0.468. The summed E-state index contributed by atoms with van der Waals surface area (Å²) in [5.74, 6) is 0.829. The predicted molar refractivity (Wildman–Crippen MR) is 132 cm³/mol. The zero-order valence-electron chi connectivity index (χ0n) is 17.9. The molecule has 0 aliphatic rings. The molecule has 8 nitrogen and oxygen atoms in total. The molecule has 0 aliphatic heterocycles. The molecule has 2 aromatic carbocycles. The number of ether oxygens (including phenoxy) is 3. The van der Waals surface area contributed by atoms with Crippen molar-refractivity contribution in [2.24, 2.45) is 0 Å². The molecule has 0 atom stereocenters. The summed E-state index contributed by atoms with van der Waals surface area (Å²) >= 11 is 16.8. The number of thiocarbonyl (C=S) groups is 1. The van der Waals surface area contributed by atoms with Crippen LogP contribution >= 0.6 is 35.4 Å². The highest BCUT2D eigenvalue weighted by Gasteiger charge is 2.07. The molecule has 33 heavy (non-hydrogen) atoms. The van der Waals surface area contributed by atoms with Crippen LogP contribution in [0.25, 0.3) is 6.08 Å². The summed E-state index contributed by atoms with van der Waals surface area (Å²) in [6, 6.07) is 10.1. The van der Waals surface area contributed by atoms with Crippen molar-refractivity contribution >= 4 is 58.4 Å². The van der Waals surface area contributed by atoms with Gasteiger partial charge in [-0.3, -0.25) is 25.8 Å². The fourth-order valence-corrected chi connectivity index (χ4v) is 3.12. The van der Waals surface area contributed by atoms with Crippen molar-refractivity contribution in [3.63, 3.8) is 0 Å². The Labute approximate surface area is 207 Å². The summed E-state index contributed by atoms with van der Waals surface area (Å²) in [6.07, 6.45) is 3.51. The average Bonchev–Trinajstić information content (AvgIpc) is 2.80. The second kappa shape index (κ2) is 13.5. The molecule has 11 heteroatoms. The maximum absolute atomic E-state index is 12.0. The number of benzene rings is 2. The van der Waals surface area contributed by atoms with Crippen LogP contribution in [0.2, 0.25) is 10.0 Å². The molecule has 2 aromatic rings. The quantitative estimate of drug-likeness (QED) is 0.203. The molecule has 0 radical (unpaired) electrons. The molecule has 0 saturated carbocycles. The number of methoxy groups -OCH3 is 2. The van der Waals surface area contributed by atoms with Crippen LogP contribution in [0.1, 0.15) is 18.4 Å². The van der Waals surface area contributed by atoms with Gasteiger partial charge in [0, 0.05) is 17.5 Å². The van der Waals surface area contributed by atoms with E-state index in [-0.39, 0.29) is 24.0 Å². The Hall–Kier alpha value is -3.01. The molecule has 0 aromatic heterocycles. The monoisotopic (exact) mass is 511 g/mol. The molecule has 0 fully saturated rings. The standard InChI is InChI=1S/C22H23Cl2N3O5S/c1-30-18-8-5-14(12-19(18)31-2)6-10-20(28)25-22(33)27-26-21(29)4-3-11-32-17-9-7-15(23)13-16(17)24/h5-10,12-13H,3-4,11H2,1-2H3,(H,26,29)(H2,25,27,28,33)/b10-6+. The predicted octanol–water partition coefficient (Wildman–Crippen LogP) is 3.90. The Morgan fingerprint density at radius 1 is 1.00 bits per heavy atom. The second-order valence-corrected chi connectivity index (χ2v) is 7.72. The van der Waals surface area contributed by atoms with E-state index in [1.165, 1.54) is 13.2 Å². The lowest BCUT2D eigenvalue weighted by atomic mass is 10.2. The van der Waals surface area contributed by atoms with Gasteiger partial charge in [-0.2, -0.15) is 0 Å². The van der Waals surface area contributed by atoms with Gasteiger partial charge in [-0.05, 0) is 60.6 Å². The van der Waals surface area contributed by atoms with Gasteiger partial charge in [-0.25, -0.2) is 0 Å². The molecule has 0 saturated heterocycles. The van der Waals surface area contributed by atoms with Crippen LogP contribution in [0, 0.1) is 0 Å². The van der Waals surface area contributed by atoms with E-state index in [1.807, 2.05) is 0 Å². The Morgan fingerprint density at radius 2 is 1.73 bits per heavy atom. The Kier molecular flexibility index (Phi) is 10.8. The van der Waals surface area contributed by atoms with Gasteiger partial charge in [0.1, 0.15) is 5.75 Å². The summed E-state index contributed by atoms with van der Waals surface area (Å²) < 4.78 is 15.9. The maximum atomic E-state index is 12.0. The first-order chi connectivity index (χ1) is 15.8.